The second-order valence-corrected chi connectivity index (χ2v) is 6.82. The molecule has 0 heterocycles. The molecule has 0 aromatic carbocycles. The maximum absolute atomic E-state index is 12.2. The van der Waals surface area contributed by atoms with Crippen LogP contribution in [0.3, 0.4) is 0 Å². The van der Waals surface area contributed by atoms with E-state index in [1.54, 1.807) is 0 Å². The predicted octanol–water partition coefficient (Wildman–Crippen LogP) is -2.45. The fourth-order valence-corrected chi connectivity index (χ4v) is 2.43. The van der Waals surface area contributed by atoms with Crippen molar-refractivity contribution in [1.29, 1.82) is 0 Å². The fourth-order valence-electron chi connectivity index (χ4n) is 1.71. The molecule has 4 atom stereocenters. The summed E-state index contributed by atoms with van der Waals surface area (Å²) in [7, 11) is 0. The van der Waals surface area contributed by atoms with Crippen LogP contribution in [0.25, 0.3) is 0 Å². The van der Waals surface area contributed by atoms with Crippen LogP contribution in [0.4, 0.5) is 0 Å². The summed E-state index contributed by atoms with van der Waals surface area (Å²) in [6.45, 7) is 0.899. The predicted molar refractivity (Wildman–Crippen MR) is 101 cm³/mol. The highest BCUT2D eigenvalue weighted by molar-refractivity contribution is 7.98. The minimum Gasteiger partial charge on any atom is -0.480 e. The summed E-state index contributed by atoms with van der Waals surface area (Å²) in [5.41, 5.74) is 5.53. The van der Waals surface area contributed by atoms with Gasteiger partial charge < -0.3 is 31.9 Å². The van der Waals surface area contributed by atoms with Gasteiger partial charge in [0.2, 0.25) is 17.7 Å². The Bertz CT molecular complexity index is 506. The molecule has 10 nitrogen and oxygen atoms in total. The Morgan fingerprint density at radius 3 is 2.23 bits per heavy atom. The van der Waals surface area contributed by atoms with E-state index in [1.807, 2.05) is 6.26 Å². The van der Waals surface area contributed by atoms with Crippen molar-refractivity contribution < 1.29 is 29.4 Å². The lowest BCUT2D eigenvalue weighted by molar-refractivity contribution is -0.141. The number of nitrogens with two attached hydrogens (primary N) is 1. The first-order valence-corrected chi connectivity index (χ1v) is 9.80. The van der Waals surface area contributed by atoms with E-state index in [0.717, 1.165) is 0 Å². The number of rotatable bonds is 12. The second kappa shape index (κ2) is 12.8. The summed E-state index contributed by atoms with van der Waals surface area (Å²) in [6.07, 6.45) is 1.04. The smallest absolute Gasteiger partial charge is 0.327 e. The molecule has 0 bridgehead atoms. The van der Waals surface area contributed by atoms with Crippen LogP contribution in [0.15, 0.2) is 0 Å². The van der Waals surface area contributed by atoms with Crippen LogP contribution < -0.4 is 21.7 Å². The van der Waals surface area contributed by atoms with Gasteiger partial charge in [-0.3, -0.25) is 14.4 Å². The number of carbonyl (C=O) groups is 4. The molecule has 0 aliphatic heterocycles. The van der Waals surface area contributed by atoms with Crippen molar-refractivity contribution in [2.45, 2.75) is 37.6 Å². The van der Waals surface area contributed by atoms with Crippen molar-refractivity contribution in [2.75, 3.05) is 24.3 Å². The molecule has 0 radical (unpaired) electrons. The number of carbonyl (C=O) groups excluding carboxylic acids is 3. The zero-order valence-electron chi connectivity index (χ0n) is 14.6. The highest BCUT2D eigenvalue weighted by Gasteiger charge is 2.26. The van der Waals surface area contributed by atoms with Gasteiger partial charge in [-0.05, 0) is 25.4 Å². The van der Waals surface area contributed by atoms with Gasteiger partial charge >= 0.3 is 5.97 Å². The van der Waals surface area contributed by atoms with Crippen LogP contribution in [0.2, 0.25) is 0 Å². The van der Waals surface area contributed by atoms with Gasteiger partial charge in [0.1, 0.15) is 18.1 Å². The molecule has 3 amide bonds. The number of carboxylic acids is 1. The van der Waals surface area contributed by atoms with Crippen molar-refractivity contribution in [2.24, 2.45) is 5.73 Å². The van der Waals surface area contributed by atoms with E-state index in [-0.39, 0.29) is 5.75 Å². The average molecular weight is 411 g/mol. The maximum atomic E-state index is 12.2. The minimum atomic E-state index is -1.24. The topological polar surface area (TPSA) is 171 Å². The number of thioether (sulfide) groups is 1. The van der Waals surface area contributed by atoms with E-state index < -0.39 is 54.5 Å². The molecule has 7 N–H and O–H groups in total. The van der Waals surface area contributed by atoms with Gasteiger partial charge in [0, 0.05) is 5.75 Å². The standard InChI is InChI=1S/C14H26N4O6S2/c1-7(19)11(15)13(22)18-8(3-4-26-2)12(21)16-5-10(20)17-9(6-25)14(23)24/h7-9,11,19,25H,3-6,15H2,1-2H3,(H,16,21)(H,17,20)(H,18,22)(H,23,24). The van der Waals surface area contributed by atoms with E-state index in [4.69, 9.17) is 10.8 Å². The number of nitrogens with one attached hydrogen (secondary N) is 3. The van der Waals surface area contributed by atoms with Gasteiger partial charge in [-0.1, -0.05) is 0 Å². The monoisotopic (exact) mass is 410 g/mol. The molecule has 0 rings (SSSR count). The number of aliphatic hydroxyl groups excluding tert-OH is 1. The summed E-state index contributed by atoms with van der Waals surface area (Å²) in [4.78, 5) is 46.7. The fraction of sp³-hybridized carbons (Fsp3) is 0.714. The third kappa shape index (κ3) is 9.27. The van der Waals surface area contributed by atoms with Crippen molar-refractivity contribution in [3.8, 4) is 0 Å². The Morgan fingerprint density at radius 2 is 1.77 bits per heavy atom. The molecule has 0 spiro atoms. The normalized spacial score (nSPS) is 15.3. The number of hydrogen-bond acceptors (Lipinski definition) is 8. The SMILES string of the molecule is CSCCC(NC(=O)C(N)C(C)O)C(=O)NCC(=O)NC(CS)C(=O)O. The van der Waals surface area contributed by atoms with Crippen molar-refractivity contribution in [3.05, 3.63) is 0 Å². The lowest BCUT2D eigenvalue weighted by Crippen LogP contribution is -2.55. The zero-order chi connectivity index (χ0) is 20.3. The minimum absolute atomic E-state index is 0.0986. The van der Waals surface area contributed by atoms with Gasteiger partial charge in [-0.25, -0.2) is 4.79 Å². The van der Waals surface area contributed by atoms with E-state index in [2.05, 4.69) is 28.6 Å². The summed E-state index contributed by atoms with van der Waals surface area (Å²) < 4.78 is 0. The Labute approximate surface area is 161 Å². The van der Waals surface area contributed by atoms with Crippen LogP contribution >= 0.6 is 24.4 Å². The molecule has 4 unspecified atom stereocenters. The Morgan fingerprint density at radius 1 is 1.15 bits per heavy atom. The summed E-state index contributed by atoms with van der Waals surface area (Å²) in [6, 6.07) is -3.29. The molecule has 0 saturated heterocycles. The molecule has 0 saturated carbocycles. The molecule has 0 aromatic heterocycles. The van der Waals surface area contributed by atoms with Gasteiger partial charge in [0.05, 0.1) is 12.6 Å². The molecule has 0 aliphatic rings. The van der Waals surface area contributed by atoms with Gasteiger partial charge in [0.15, 0.2) is 0 Å². The van der Waals surface area contributed by atoms with Crippen molar-refractivity contribution in [3.63, 3.8) is 0 Å². The van der Waals surface area contributed by atoms with Crippen LogP contribution in [-0.4, -0.2) is 82.4 Å². The first-order chi connectivity index (χ1) is 12.1. The molecule has 0 fully saturated rings. The van der Waals surface area contributed by atoms with Crippen LogP contribution in [0, 0.1) is 0 Å². The number of aliphatic hydroxyl groups is 1. The van der Waals surface area contributed by atoms with Crippen molar-refractivity contribution >= 4 is 48.1 Å². The van der Waals surface area contributed by atoms with E-state index in [9.17, 15) is 24.3 Å². The molecular weight excluding hydrogens is 384 g/mol. The Balaban J connectivity index is 4.70. The molecule has 0 aromatic rings. The second-order valence-electron chi connectivity index (χ2n) is 5.47. The summed E-state index contributed by atoms with van der Waals surface area (Å²) in [5, 5.41) is 25.2. The highest BCUT2D eigenvalue weighted by Crippen LogP contribution is 2.02. The third-order valence-electron chi connectivity index (χ3n) is 3.31. The average Bonchev–Trinajstić information content (AvgIpc) is 2.59. The van der Waals surface area contributed by atoms with Gasteiger partial charge in [-0.15, -0.1) is 0 Å². The first-order valence-electron chi connectivity index (χ1n) is 7.77. The van der Waals surface area contributed by atoms with Gasteiger partial charge in [0.25, 0.3) is 0 Å². The quantitative estimate of drug-likeness (QED) is 0.174. The number of amides is 3. The Hall–Kier alpha value is -1.50. The van der Waals surface area contributed by atoms with Crippen LogP contribution in [0.5, 0.6) is 0 Å². The van der Waals surface area contributed by atoms with Crippen molar-refractivity contribution in [1.82, 2.24) is 16.0 Å². The van der Waals surface area contributed by atoms with E-state index >= 15 is 0 Å². The zero-order valence-corrected chi connectivity index (χ0v) is 16.3. The molecule has 0 aliphatic carbocycles. The summed E-state index contributed by atoms with van der Waals surface area (Å²) >= 11 is 5.28. The van der Waals surface area contributed by atoms with Crippen LogP contribution in [0.1, 0.15) is 13.3 Å². The number of hydrogen-bond donors (Lipinski definition) is 7. The van der Waals surface area contributed by atoms with E-state index in [1.165, 1.54) is 18.7 Å². The first kappa shape index (κ1) is 24.5. The van der Waals surface area contributed by atoms with Crippen LogP contribution in [-0.2, 0) is 19.2 Å². The highest BCUT2D eigenvalue weighted by atomic mass is 32.2. The largest absolute Gasteiger partial charge is 0.480 e. The number of carboxylic acid groups (broad SMARTS) is 1. The third-order valence-corrected chi connectivity index (χ3v) is 4.31. The lowest BCUT2D eigenvalue weighted by Gasteiger charge is -2.21. The molecular formula is C14H26N4O6S2. The Kier molecular flexibility index (Phi) is 12.1. The number of aliphatic carboxylic acids is 1. The molecule has 26 heavy (non-hydrogen) atoms. The maximum Gasteiger partial charge on any atom is 0.327 e. The molecule has 150 valence electrons. The molecule has 12 heteroatoms. The van der Waals surface area contributed by atoms with E-state index in [0.29, 0.717) is 12.2 Å². The summed E-state index contributed by atoms with van der Waals surface area (Å²) in [5.74, 6) is -2.77. The van der Waals surface area contributed by atoms with Gasteiger partial charge in [-0.2, -0.15) is 24.4 Å². The lowest BCUT2D eigenvalue weighted by atomic mass is 10.1. The number of thiol groups is 1.